The maximum atomic E-state index is 12.5. The molecule has 1 amide bonds. The van der Waals surface area contributed by atoms with Gasteiger partial charge in [0.05, 0.1) is 19.2 Å². The third-order valence-electron chi connectivity index (χ3n) is 5.91. The number of amides is 1. The minimum Gasteiger partial charge on any atom is -0.391 e. The first-order valence-electron chi connectivity index (χ1n) is 8.84. The molecule has 1 saturated carbocycles. The fraction of sp³-hybridized carbons (Fsp3) is 0.938. The van der Waals surface area contributed by atoms with Crippen molar-refractivity contribution in [2.24, 2.45) is 0 Å². The molecule has 2 atom stereocenters. The average molecular weight is 349 g/mol. The fourth-order valence-electron chi connectivity index (χ4n) is 4.47. The first-order valence-corrected chi connectivity index (χ1v) is 8.84. The van der Waals surface area contributed by atoms with E-state index in [0.29, 0.717) is 25.9 Å². The van der Waals surface area contributed by atoms with Crippen molar-refractivity contribution in [1.82, 2.24) is 15.1 Å². The molecule has 2 N–H and O–H groups in total. The lowest BCUT2D eigenvalue weighted by Gasteiger charge is -2.46. The summed E-state index contributed by atoms with van der Waals surface area (Å²) in [5.41, 5.74) is -0.804. The van der Waals surface area contributed by atoms with Gasteiger partial charge in [-0.2, -0.15) is 13.2 Å². The van der Waals surface area contributed by atoms with Gasteiger partial charge in [0.15, 0.2) is 0 Å². The smallest absolute Gasteiger partial charge is 0.390 e. The van der Waals surface area contributed by atoms with Crippen molar-refractivity contribution in [3.63, 3.8) is 0 Å². The molecular formula is C16H26F3N3O2. The topological polar surface area (TPSA) is 55.8 Å². The Balaban J connectivity index is 1.62. The number of carbonyl (C=O) groups excluding carboxylic acids is 1. The second-order valence-corrected chi connectivity index (χ2v) is 7.28. The van der Waals surface area contributed by atoms with Crippen LogP contribution >= 0.6 is 0 Å². The molecule has 3 rings (SSSR count). The first-order chi connectivity index (χ1) is 11.3. The van der Waals surface area contributed by atoms with Crippen LogP contribution < -0.4 is 5.32 Å². The molecule has 2 unspecified atom stereocenters. The molecule has 24 heavy (non-hydrogen) atoms. The Morgan fingerprint density at radius 3 is 2.50 bits per heavy atom. The monoisotopic (exact) mass is 349 g/mol. The predicted octanol–water partition coefficient (Wildman–Crippen LogP) is 1.47. The van der Waals surface area contributed by atoms with Gasteiger partial charge >= 0.3 is 6.18 Å². The number of aliphatic hydroxyl groups excluding tert-OH is 1. The molecule has 3 fully saturated rings. The summed E-state index contributed by atoms with van der Waals surface area (Å²) < 4.78 is 37.6. The van der Waals surface area contributed by atoms with E-state index >= 15 is 0 Å². The molecule has 2 aliphatic heterocycles. The predicted molar refractivity (Wildman–Crippen MR) is 82.2 cm³/mol. The number of aliphatic hydroxyl groups is 1. The third-order valence-corrected chi connectivity index (χ3v) is 5.91. The average Bonchev–Trinajstić information content (AvgIpc) is 2.83. The van der Waals surface area contributed by atoms with E-state index in [9.17, 15) is 23.1 Å². The summed E-state index contributed by atoms with van der Waals surface area (Å²) in [6.07, 6.45) is -0.465. The van der Waals surface area contributed by atoms with E-state index < -0.39 is 18.1 Å². The van der Waals surface area contributed by atoms with Crippen LogP contribution in [0.2, 0.25) is 0 Å². The van der Waals surface area contributed by atoms with Gasteiger partial charge in [-0.1, -0.05) is 12.8 Å². The van der Waals surface area contributed by atoms with E-state index in [-0.39, 0.29) is 31.3 Å². The van der Waals surface area contributed by atoms with Gasteiger partial charge < -0.3 is 10.4 Å². The van der Waals surface area contributed by atoms with Gasteiger partial charge in [0.1, 0.15) is 5.54 Å². The Labute approximate surface area is 140 Å². The molecule has 0 aromatic rings. The number of hydrogen-bond donors (Lipinski definition) is 2. The molecule has 0 aromatic heterocycles. The maximum Gasteiger partial charge on any atom is 0.390 e. The number of nitrogens with zero attached hydrogens (tertiary/aromatic N) is 2. The van der Waals surface area contributed by atoms with Gasteiger partial charge in [-0.15, -0.1) is 0 Å². The molecule has 0 bridgehead atoms. The second kappa shape index (κ2) is 6.80. The lowest BCUT2D eigenvalue weighted by Crippen LogP contribution is -2.59. The zero-order valence-electron chi connectivity index (χ0n) is 13.8. The summed E-state index contributed by atoms with van der Waals surface area (Å²) in [6.45, 7) is 1.35. The van der Waals surface area contributed by atoms with Crippen LogP contribution in [-0.2, 0) is 4.79 Å². The normalized spacial score (nSPS) is 32.2. The number of nitrogens with one attached hydrogen (secondary N) is 1. The first kappa shape index (κ1) is 17.9. The molecule has 1 spiro atoms. The highest BCUT2D eigenvalue weighted by atomic mass is 19.4. The van der Waals surface area contributed by atoms with E-state index in [4.69, 9.17) is 0 Å². The van der Waals surface area contributed by atoms with Crippen molar-refractivity contribution in [2.75, 3.05) is 26.3 Å². The summed E-state index contributed by atoms with van der Waals surface area (Å²) in [5, 5.41) is 12.9. The van der Waals surface area contributed by atoms with Gasteiger partial charge in [-0.05, 0) is 25.7 Å². The van der Waals surface area contributed by atoms with Crippen molar-refractivity contribution >= 4 is 5.91 Å². The van der Waals surface area contributed by atoms with E-state index in [1.54, 1.807) is 4.90 Å². The van der Waals surface area contributed by atoms with E-state index in [1.165, 1.54) is 0 Å². The van der Waals surface area contributed by atoms with Crippen LogP contribution in [0.1, 0.15) is 44.9 Å². The van der Waals surface area contributed by atoms with E-state index in [1.807, 2.05) is 0 Å². The summed E-state index contributed by atoms with van der Waals surface area (Å²) in [6, 6.07) is 0.129. The van der Waals surface area contributed by atoms with Crippen molar-refractivity contribution < 1.29 is 23.1 Å². The van der Waals surface area contributed by atoms with Crippen LogP contribution in [0.25, 0.3) is 0 Å². The number of likely N-dealkylation sites (tertiary alicyclic amines) is 1. The number of alkyl halides is 3. The van der Waals surface area contributed by atoms with Gasteiger partial charge in [0.2, 0.25) is 5.91 Å². The number of carbonyl (C=O) groups is 1. The van der Waals surface area contributed by atoms with E-state index in [0.717, 1.165) is 25.7 Å². The zero-order valence-corrected chi connectivity index (χ0v) is 13.8. The van der Waals surface area contributed by atoms with Crippen LogP contribution in [0, 0.1) is 0 Å². The van der Waals surface area contributed by atoms with Crippen molar-refractivity contribution in [2.45, 2.75) is 68.8 Å². The standard InChI is InChI=1S/C16H26F3N3O2/c17-16(18,19)7-10-22-11-20-14(24)15(22)5-8-21(9-6-15)12-3-1-2-4-13(12)23/h12-13,23H,1-11H2,(H,20,24). The van der Waals surface area contributed by atoms with Gasteiger partial charge in [-0.3, -0.25) is 14.6 Å². The molecule has 8 heteroatoms. The molecule has 138 valence electrons. The molecule has 1 aliphatic carbocycles. The van der Waals surface area contributed by atoms with Crippen molar-refractivity contribution in [1.29, 1.82) is 0 Å². The van der Waals surface area contributed by atoms with Crippen molar-refractivity contribution in [3.05, 3.63) is 0 Å². The van der Waals surface area contributed by atoms with Gasteiger partial charge in [0.25, 0.3) is 0 Å². The zero-order chi connectivity index (χ0) is 17.4. The Bertz CT molecular complexity index is 464. The number of rotatable bonds is 3. The highest BCUT2D eigenvalue weighted by Gasteiger charge is 2.51. The summed E-state index contributed by atoms with van der Waals surface area (Å²) >= 11 is 0. The van der Waals surface area contributed by atoms with Crippen LogP contribution in [0.3, 0.4) is 0 Å². The Morgan fingerprint density at radius 2 is 1.88 bits per heavy atom. The lowest BCUT2D eigenvalue weighted by atomic mass is 9.83. The summed E-state index contributed by atoms with van der Waals surface area (Å²) in [4.78, 5) is 16.2. The third kappa shape index (κ3) is 3.55. The van der Waals surface area contributed by atoms with Crippen LogP contribution in [0.5, 0.6) is 0 Å². The molecule has 3 aliphatic rings. The van der Waals surface area contributed by atoms with Crippen LogP contribution in [-0.4, -0.2) is 71.0 Å². The fourth-order valence-corrected chi connectivity index (χ4v) is 4.47. The largest absolute Gasteiger partial charge is 0.391 e. The molecule has 0 aromatic carbocycles. The Kier molecular flexibility index (Phi) is 5.09. The molecular weight excluding hydrogens is 323 g/mol. The highest BCUT2D eigenvalue weighted by molar-refractivity contribution is 5.88. The van der Waals surface area contributed by atoms with Crippen molar-refractivity contribution in [3.8, 4) is 0 Å². The number of hydrogen-bond acceptors (Lipinski definition) is 4. The molecule has 2 saturated heterocycles. The second-order valence-electron chi connectivity index (χ2n) is 7.28. The molecule has 2 heterocycles. The Morgan fingerprint density at radius 1 is 1.21 bits per heavy atom. The van der Waals surface area contributed by atoms with E-state index in [2.05, 4.69) is 10.2 Å². The Hall–Kier alpha value is -0.860. The quantitative estimate of drug-likeness (QED) is 0.810. The molecule has 5 nitrogen and oxygen atoms in total. The summed E-state index contributed by atoms with van der Waals surface area (Å²) in [7, 11) is 0. The van der Waals surface area contributed by atoms with Crippen LogP contribution in [0.15, 0.2) is 0 Å². The van der Waals surface area contributed by atoms with Gasteiger partial charge in [0, 0.05) is 25.7 Å². The SMILES string of the molecule is O=C1NCN(CCC(F)(F)F)C12CCN(C1CCCCC1O)CC2. The number of halogens is 3. The highest BCUT2D eigenvalue weighted by Crippen LogP contribution is 2.36. The van der Waals surface area contributed by atoms with Crippen LogP contribution in [0.4, 0.5) is 13.2 Å². The minimum absolute atomic E-state index is 0.129. The lowest BCUT2D eigenvalue weighted by molar-refractivity contribution is -0.145. The maximum absolute atomic E-state index is 12.5. The molecule has 0 radical (unpaired) electrons. The summed E-state index contributed by atoms with van der Waals surface area (Å²) in [5.74, 6) is -0.145. The minimum atomic E-state index is -4.21. The van der Waals surface area contributed by atoms with Gasteiger partial charge in [-0.25, -0.2) is 0 Å². The number of piperidine rings is 1.